The number of nitrogens with one attached hydrogen (secondary N) is 1. The molecule has 0 saturated carbocycles. The summed E-state index contributed by atoms with van der Waals surface area (Å²) in [4.78, 5) is 17.0. The lowest BCUT2D eigenvalue weighted by molar-refractivity contribution is -0.128. The molecule has 3 aromatic rings. The molecule has 1 aliphatic rings. The van der Waals surface area contributed by atoms with Gasteiger partial charge in [0, 0.05) is 17.0 Å². The number of hydrogen-bond donors (Lipinski definition) is 1. The third-order valence-electron chi connectivity index (χ3n) is 4.55. The Morgan fingerprint density at radius 2 is 2.11 bits per heavy atom. The SMILES string of the molecule is Cc1ccccc1-c1noc(C(C)NC(=O)C2Cc3cc(Cl)ccc3O2)n1. The number of rotatable bonds is 4. The van der Waals surface area contributed by atoms with E-state index in [-0.39, 0.29) is 5.91 Å². The Bertz CT molecular complexity index is 1000. The highest BCUT2D eigenvalue weighted by Crippen LogP contribution is 2.31. The van der Waals surface area contributed by atoms with E-state index in [1.807, 2.05) is 37.3 Å². The van der Waals surface area contributed by atoms with Crippen molar-refractivity contribution in [1.82, 2.24) is 15.5 Å². The number of nitrogens with zero attached hydrogens (tertiary/aromatic N) is 2. The highest BCUT2D eigenvalue weighted by molar-refractivity contribution is 6.30. The van der Waals surface area contributed by atoms with Crippen LogP contribution in [0.3, 0.4) is 0 Å². The van der Waals surface area contributed by atoms with E-state index < -0.39 is 12.1 Å². The van der Waals surface area contributed by atoms with Crippen LogP contribution in [0.15, 0.2) is 47.0 Å². The first-order valence-corrected chi connectivity index (χ1v) is 9.04. The number of amides is 1. The normalized spacial score (nSPS) is 16.5. The highest BCUT2D eigenvalue weighted by Gasteiger charge is 2.31. The first-order chi connectivity index (χ1) is 13.0. The molecule has 1 N–H and O–H groups in total. The van der Waals surface area contributed by atoms with E-state index in [1.165, 1.54) is 0 Å². The molecule has 7 heteroatoms. The minimum absolute atomic E-state index is 0.231. The minimum Gasteiger partial charge on any atom is -0.480 e. The van der Waals surface area contributed by atoms with Crippen LogP contribution in [0.25, 0.3) is 11.4 Å². The number of ether oxygens (including phenoxy) is 1. The van der Waals surface area contributed by atoms with Crippen LogP contribution in [-0.2, 0) is 11.2 Å². The number of halogens is 1. The second-order valence-electron chi connectivity index (χ2n) is 6.56. The molecule has 1 amide bonds. The average Bonchev–Trinajstić information content (AvgIpc) is 3.28. The summed E-state index contributed by atoms with van der Waals surface area (Å²) in [5.74, 6) is 1.31. The molecular formula is C20H18ClN3O3. The summed E-state index contributed by atoms with van der Waals surface area (Å²) >= 11 is 6.00. The molecule has 0 aliphatic carbocycles. The summed E-state index contributed by atoms with van der Waals surface area (Å²) in [7, 11) is 0. The number of carbonyl (C=O) groups is 1. The summed E-state index contributed by atoms with van der Waals surface area (Å²) < 4.78 is 11.1. The van der Waals surface area contributed by atoms with Crippen molar-refractivity contribution in [3.05, 3.63) is 64.5 Å². The van der Waals surface area contributed by atoms with Gasteiger partial charge in [0.2, 0.25) is 11.7 Å². The van der Waals surface area contributed by atoms with Crippen molar-refractivity contribution in [2.24, 2.45) is 0 Å². The Morgan fingerprint density at radius 3 is 2.93 bits per heavy atom. The molecule has 2 heterocycles. The summed E-state index contributed by atoms with van der Waals surface area (Å²) in [5.41, 5.74) is 2.88. The van der Waals surface area contributed by atoms with Gasteiger partial charge in [0.05, 0.1) is 0 Å². The van der Waals surface area contributed by atoms with Crippen molar-refractivity contribution in [2.45, 2.75) is 32.4 Å². The Labute approximate surface area is 161 Å². The number of carbonyl (C=O) groups excluding carboxylic acids is 1. The number of fused-ring (bicyclic) bond motifs is 1. The van der Waals surface area contributed by atoms with Gasteiger partial charge in [0.25, 0.3) is 5.91 Å². The van der Waals surface area contributed by atoms with E-state index in [0.717, 1.165) is 16.7 Å². The summed E-state index contributed by atoms with van der Waals surface area (Å²) in [6.07, 6.45) is -0.119. The molecular weight excluding hydrogens is 366 g/mol. The lowest BCUT2D eigenvalue weighted by Crippen LogP contribution is -2.38. The maximum Gasteiger partial charge on any atom is 0.262 e. The molecule has 138 valence electrons. The lowest BCUT2D eigenvalue weighted by atomic mass is 10.1. The molecule has 2 atom stereocenters. The van der Waals surface area contributed by atoms with Crippen molar-refractivity contribution < 1.29 is 14.1 Å². The zero-order valence-electron chi connectivity index (χ0n) is 14.9. The lowest BCUT2D eigenvalue weighted by Gasteiger charge is -2.14. The summed E-state index contributed by atoms with van der Waals surface area (Å²) in [6, 6.07) is 12.7. The molecule has 0 spiro atoms. The van der Waals surface area contributed by atoms with Crippen molar-refractivity contribution in [3.8, 4) is 17.1 Å². The molecule has 1 aromatic heterocycles. The van der Waals surface area contributed by atoms with Gasteiger partial charge < -0.3 is 14.6 Å². The third-order valence-corrected chi connectivity index (χ3v) is 4.78. The highest BCUT2D eigenvalue weighted by atomic mass is 35.5. The third kappa shape index (κ3) is 3.53. The van der Waals surface area contributed by atoms with Gasteiger partial charge in [-0.25, -0.2) is 0 Å². The minimum atomic E-state index is -0.598. The Balaban J connectivity index is 1.43. The van der Waals surface area contributed by atoms with Gasteiger partial charge in [-0.15, -0.1) is 0 Å². The molecule has 6 nitrogen and oxygen atoms in total. The second kappa shape index (κ2) is 7.04. The quantitative estimate of drug-likeness (QED) is 0.739. The molecule has 27 heavy (non-hydrogen) atoms. The number of benzene rings is 2. The van der Waals surface area contributed by atoms with Crippen LogP contribution in [0.4, 0.5) is 0 Å². The molecule has 0 radical (unpaired) electrons. The topological polar surface area (TPSA) is 77.2 Å². The van der Waals surface area contributed by atoms with Crippen LogP contribution in [-0.4, -0.2) is 22.2 Å². The monoisotopic (exact) mass is 383 g/mol. The van der Waals surface area contributed by atoms with Gasteiger partial charge in [0.15, 0.2) is 6.10 Å². The number of aryl methyl sites for hydroxylation is 1. The first-order valence-electron chi connectivity index (χ1n) is 8.66. The average molecular weight is 384 g/mol. The summed E-state index contributed by atoms with van der Waals surface area (Å²) in [6.45, 7) is 3.78. The second-order valence-corrected chi connectivity index (χ2v) is 7.00. The van der Waals surface area contributed by atoms with E-state index >= 15 is 0 Å². The largest absolute Gasteiger partial charge is 0.480 e. The van der Waals surface area contributed by atoms with Crippen LogP contribution in [0, 0.1) is 6.92 Å². The van der Waals surface area contributed by atoms with Crippen LogP contribution < -0.4 is 10.1 Å². The Kier molecular flexibility index (Phi) is 4.58. The van der Waals surface area contributed by atoms with Gasteiger partial charge >= 0.3 is 0 Å². The molecule has 2 aromatic carbocycles. The predicted molar refractivity (Wildman–Crippen MR) is 101 cm³/mol. The van der Waals surface area contributed by atoms with Gasteiger partial charge in [0.1, 0.15) is 11.8 Å². The number of hydrogen-bond acceptors (Lipinski definition) is 5. The molecule has 0 bridgehead atoms. The molecule has 0 saturated heterocycles. The van der Waals surface area contributed by atoms with Gasteiger partial charge in [-0.3, -0.25) is 4.79 Å². The zero-order valence-corrected chi connectivity index (χ0v) is 15.7. The van der Waals surface area contributed by atoms with Crippen LogP contribution in [0.1, 0.15) is 30.0 Å². The maximum absolute atomic E-state index is 12.6. The fraction of sp³-hybridized carbons (Fsp3) is 0.250. The van der Waals surface area contributed by atoms with E-state index in [0.29, 0.717) is 28.9 Å². The van der Waals surface area contributed by atoms with Crippen LogP contribution in [0.5, 0.6) is 5.75 Å². The van der Waals surface area contributed by atoms with Crippen LogP contribution in [0.2, 0.25) is 5.02 Å². The first kappa shape index (κ1) is 17.5. The molecule has 4 rings (SSSR count). The zero-order chi connectivity index (χ0) is 19.0. The van der Waals surface area contributed by atoms with Gasteiger partial charge in [-0.2, -0.15) is 4.98 Å². The fourth-order valence-corrected chi connectivity index (χ4v) is 3.27. The van der Waals surface area contributed by atoms with Crippen molar-refractivity contribution in [2.75, 3.05) is 0 Å². The van der Waals surface area contributed by atoms with Gasteiger partial charge in [-0.05, 0) is 43.2 Å². The van der Waals surface area contributed by atoms with E-state index in [2.05, 4.69) is 15.5 Å². The van der Waals surface area contributed by atoms with Crippen molar-refractivity contribution in [1.29, 1.82) is 0 Å². The van der Waals surface area contributed by atoms with E-state index in [4.69, 9.17) is 20.9 Å². The molecule has 2 unspecified atom stereocenters. The maximum atomic E-state index is 12.6. The Morgan fingerprint density at radius 1 is 1.30 bits per heavy atom. The van der Waals surface area contributed by atoms with E-state index in [1.54, 1.807) is 19.1 Å². The predicted octanol–water partition coefficient (Wildman–Crippen LogP) is 3.88. The van der Waals surface area contributed by atoms with Gasteiger partial charge in [-0.1, -0.05) is 41.0 Å². The fourth-order valence-electron chi connectivity index (χ4n) is 3.08. The standard InChI is InChI=1S/C20H18ClN3O3/c1-11-5-3-4-6-15(11)18-23-20(27-24-18)12(2)22-19(25)17-10-13-9-14(21)7-8-16(13)26-17/h3-9,12,17H,10H2,1-2H3,(H,22,25). The van der Waals surface area contributed by atoms with Crippen LogP contribution >= 0.6 is 11.6 Å². The molecule has 0 fully saturated rings. The van der Waals surface area contributed by atoms with Crippen molar-refractivity contribution in [3.63, 3.8) is 0 Å². The number of aromatic nitrogens is 2. The Hall–Kier alpha value is -2.86. The summed E-state index contributed by atoms with van der Waals surface area (Å²) in [5, 5.41) is 7.53. The van der Waals surface area contributed by atoms with Crippen molar-refractivity contribution >= 4 is 17.5 Å². The smallest absolute Gasteiger partial charge is 0.262 e. The molecule has 1 aliphatic heterocycles. The van der Waals surface area contributed by atoms with E-state index in [9.17, 15) is 4.79 Å².